The smallest absolute Gasteiger partial charge is 0.261 e. The average Bonchev–Trinajstić information content (AvgIpc) is 3.32. The molecule has 7 nitrogen and oxygen atoms in total. The number of amides is 2. The SMILES string of the molecule is O=C(CCCNC(=O)c1cccs1)Nc1ccc(-n2cccn2)nc1. The molecule has 0 aliphatic heterocycles. The van der Waals surface area contributed by atoms with E-state index in [1.807, 2.05) is 17.5 Å². The van der Waals surface area contributed by atoms with Crippen molar-refractivity contribution in [2.24, 2.45) is 0 Å². The van der Waals surface area contributed by atoms with Gasteiger partial charge in [-0.15, -0.1) is 11.3 Å². The Morgan fingerprint density at radius 1 is 1.20 bits per heavy atom. The van der Waals surface area contributed by atoms with Crippen molar-refractivity contribution in [1.29, 1.82) is 0 Å². The molecular formula is C17H17N5O2S. The number of pyridine rings is 1. The van der Waals surface area contributed by atoms with Gasteiger partial charge in [-0.2, -0.15) is 5.10 Å². The number of nitrogens with one attached hydrogen (secondary N) is 2. The molecule has 0 bridgehead atoms. The van der Waals surface area contributed by atoms with Gasteiger partial charge >= 0.3 is 0 Å². The first kappa shape index (κ1) is 16.8. The summed E-state index contributed by atoms with van der Waals surface area (Å²) >= 11 is 1.39. The van der Waals surface area contributed by atoms with Gasteiger partial charge in [0.05, 0.1) is 16.8 Å². The summed E-state index contributed by atoms with van der Waals surface area (Å²) in [6, 6.07) is 8.98. The minimum atomic E-state index is -0.112. The molecule has 0 saturated heterocycles. The van der Waals surface area contributed by atoms with Gasteiger partial charge in [0.1, 0.15) is 0 Å². The van der Waals surface area contributed by atoms with Crippen molar-refractivity contribution in [3.05, 3.63) is 59.2 Å². The van der Waals surface area contributed by atoms with Crippen LogP contribution >= 0.6 is 11.3 Å². The van der Waals surface area contributed by atoms with Crippen molar-refractivity contribution < 1.29 is 9.59 Å². The molecular weight excluding hydrogens is 338 g/mol. The number of thiophene rings is 1. The summed E-state index contributed by atoms with van der Waals surface area (Å²) in [7, 11) is 0. The van der Waals surface area contributed by atoms with Crippen LogP contribution in [0.3, 0.4) is 0 Å². The second-order valence-corrected chi connectivity index (χ2v) is 6.19. The number of aromatic nitrogens is 3. The number of anilines is 1. The van der Waals surface area contributed by atoms with Crippen LogP contribution in [0.25, 0.3) is 5.82 Å². The van der Waals surface area contributed by atoms with Gasteiger partial charge in [0.2, 0.25) is 5.91 Å². The molecule has 128 valence electrons. The monoisotopic (exact) mass is 355 g/mol. The first-order valence-electron chi connectivity index (χ1n) is 7.80. The van der Waals surface area contributed by atoms with Gasteiger partial charge in [0, 0.05) is 25.4 Å². The molecule has 0 saturated carbocycles. The van der Waals surface area contributed by atoms with E-state index in [2.05, 4.69) is 20.7 Å². The van der Waals surface area contributed by atoms with E-state index >= 15 is 0 Å². The van der Waals surface area contributed by atoms with Gasteiger partial charge in [-0.3, -0.25) is 9.59 Å². The van der Waals surface area contributed by atoms with Crippen LogP contribution < -0.4 is 10.6 Å². The lowest BCUT2D eigenvalue weighted by Gasteiger charge is -2.07. The summed E-state index contributed by atoms with van der Waals surface area (Å²) in [5, 5.41) is 11.5. The highest BCUT2D eigenvalue weighted by Gasteiger charge is 2.07. The Morgan fingerprint density at radius 2 is 2.12 bits per heavy atom. The maximum absolute atomic E-state index is 11.9. The number of carbonyl (C=O) groups excluding carboxylic acids is 2. The molecule has 0 radical (unpaired) electrons. The van der Waals surface area contributed by atoms with Crippen molar-refractivity contribution in [1.82, 2.24) is 20.1 Å². The quantitative estimate of drug-likeness (QED) is 0.637. The highest BCUT2D eigenvalue weighted by Crippen LogP contribution is 2.10. The van der Waals surface area contributed by atoms with Gasteiger partial charge in [0.15, 0.2) is 5.82 Å². The number of rotatable bonds is 7. The fourth-order valence-corrected chi connectivity index (χ4v) is 2.81. The number of carbonyl (C=O) groups is 2. The Morgan fingerprint density at radius 3 is 2.80 bits per heavy atom. The van der Waals surface area contributed by atoms with E-state index in [1.165, 1.54) is 11.3 Å². The van der Waals surface area contributed by atoms with Crippen molar-refractivity contribution in [2.45, 2.75) is 12.8 Å². The minimum Gasteiger partial charge on any atom is -0.351 e. The van der Waals surface area contributed by atoms with Gasteiger partial charge in [-0.05, 0) is 36.1 Å². The second-order valence-electron chi connectivity index (χ2n) is 5.24. The number of hydrogen-bond acceptors (Lipinski definition) is 5. The van der Waals surface area contributed by atoms with Crippen LogP contribution in [0.2, 0.25) is 0 Å². The minimum absolute atomic E-state index is 0.103. The molecule has 8 heteroatoms. The zero-order valence-corrected chi connectivity index (χ0v) is 14.2. The molecule has 0 aliphatic rings. The molecule has 3 heterocycles. The van der Waals surface area contributed by atoms with Crippen molar-refractivity contribution in [3.63, 3.8) is 0 Å². The summed E-state index contributed by atoms with van der Waals surface area (Å²) in [6.45, 7) is 0.459. The molecule has 0 aromatic carbocycles. The first-order valence-corrected chi connectivity index (χ1v) is 8.68. The lowest BCUT2D eigenvalue weighted by Crippen LogP contribution is -2.24. The van der Waals surface area contributed by atoms with E-state index in [1.54, 1.807) is 41.5 Å². The molecule has 2 N–H and O–H groups in total. The van der Waals surface area contributed by atoms with Gasteiger partial charge < -0.3 is 10.6 Å². The first-order chi connectivity index (χ1) is 12.2. The molecule has 3 aromatic heterocycles. The maximum Gasteiger partial charge on any atom is 0.261 e. The van der Waals surface area contributed by atoms with Crippen molar-refractivity contribution in [2.75, 3.05) is 11.9 Å². The van der Waals surface area contributed by atoms with Gasteiger partial charge in [-0.25, -0.2) is 9.67 Å². The summed E-state index contributed by atoms with van der Waals surface area (Å²) in [4.78, 5) is 28.6. The molecule has 3 aromatic rings. The topological polar surface area (TPSA) is 88.9 Å². The predicted octanol–water partition coefficient (Wildman–Crippen LogP) is 2.48. The van der Waals surface area contributed by atoms with Crippen LogP contribution in [0.15, 0.2) is 54.3 Å². The van der Waals surface area contributed by atoms with E-state index in [0.29, 0.717) is 35.8 Å². The standard InChI is InChI=1S/C17H17N5O2S/c23-16(5-1-8-18-17(24)14-4-2-11-25-14)21-13-6-7-15(19-12-13)22-10-3-9-20-22/h2-4,6-7,9-12H,1,5,8H2,(H,18,24)(H,21,23). The third-order valence-electron chi connectivity index (χ3n) is 3.38. The van der Waals surface area contributed by atoms with Crippen LogP contribution in [-0.2, 0) is 4.79 Å². The fraction of sp³-hybridized carbons (Fsp3) is 0.176. The molecule has 0 spiro atoms. The Labute approximate surface area is 148 Å². The van der Waals surface area contributed by atoms with E-state index < -0.39 is 0 Å². The third kappa shape index (κ3) is 4.74. The van der Waals surface area contributed by atoms with E-state index in [-0.39, 0.29) is 11.8 Å². The van der Waals surface area contributed by atoms with Crippen molar-refractivity contribution >= 4 is 28.8 Å². The zero-order valence-electron chi connectivity index (χ0n) is 13.4. The van der Waals surface area contributed by atoms with Crippen LogP contribution in [0.4, 0.5) is 5.69 Å². The number of hydrogen-bond donors (Lipinski definition) is 2. The Kier molecular flexibility index (Phi) is 5.53. The van der Waals surface area contributed by atoms with Crippen LogP contribution in [0, 0.1) is 0 Å². The van der Waals surface area contributed by atoms with Crippen molar-refractivity contribution in [3.8, 4) is 5.82 Å². The summed E-state index contributed by atoms with van der Waals surface area (Å²) in [5.74, 6) is 0.465. The molecule has 0 fully saturated rings. The lowest BCUT2D eigenvalue weighted by molar-refractivity contribution is -0.116. The van der Waals surface area contributed by atoms with Gasteiger partial charge in [0.25, 0.3) is 5.91 Å². The molecule has 0 atom stereocenters. The van der Waals surface area contributed by atoms with Gasteiger partial charge in [-0.1, -0.05) is 6.07 Å². The predicted molar refractivity (Wildman–Crippen MR) is 95.9 cm³/mol. The van der Waals surface area contributed by atoms with E-state index in [9.17, 15) is 9.59 Å². The fourth-order valence-electron chi connectivity index (χ4n) is 2.17. The third-order valence-corrected chi connectivity index (χ3v) is 4.25. The molecule has 3 rings (SSSR count). The van der Waals surface area contributed by atoms with Crippen LogP contribution in [0.5, 0.6) is 0 Å². The Hall–Kier alpha value is -3.00. The summed E-state index contributed by atoms with van der Waals surface area (Å²) in [5.41, 5.74) is 0.628. The van der Waals surface area contributed by atoms with E-state index in [4.69, 9.17) is 0 Å². The Bertz CT molecular complexity index is 813. The normalized spacial score (nSPS) is 10.4. The zero-order chi connectivity index (χ0) is 17.5. The summed E-state index contributed by atoms with van der Waals surface area (Å²) in [6.07, 6.45) is 5.96. The molecule has 0 aliphatic carbocycles. The average molecular weight is 355 g/mol. The summed E-state index contributed by atoms with van der Waals surface area (Å²) < 4.78 is 1.64. The highest BCUT2D eigenvalue weighted by molar-refractivity contribution is 7.12. The van der Waals surface area contributed by atoms with Crippen LogP contribution in [0.1, 0.15) is 22.5 Å². The molecule has 2 amide bonds. The molecule has 25 heavy (non-hydrogen) atoms. The lowest BCUT2D eigenvalue weighted by atomic mass is 10.2. The van der Waals surface area contributed by atoms with Crippen LogP contribution in [-0.4, -0.2) is 33.1 Å². The second kappa shape index (κ2) is 8.20. The van der Waals surface area contributed by atoms with E-state index in [0.717, 1.165) is 0 Å². The number of nitrogens with zero attached hydrogens (tertiary/aromatic N) is 3. The maximum atomic E-state index is 11.9. The highest BCUT2D eigenvalue weighted by atomic mass is 32.1. The largest absolute Gasteiger partial charge is 0.351 e. The molecule has 0 unspecified atom stereocenters. The Balaban J connectivity index is 1.40.